The van der Waals surface area contributed by atoms with Gasteiger partial charge in [-0.2, -0.15) is 5.26 Å². The number of morpholine rings is 1. The minimum absolute atomic E-state index is 0.146. The molecule has 1 heterocycles. The van der Waals surface area contributed by atoms with Crippen LogP contribution in [0.1, 0.15) is 27.6 Å². The van der Waals surface area contributed by atoms with E-state index in [2.05, 4.69) is 5.32 Å². The molecule has 32 heavy (non-hydrogen) atoms. The average Bonchev–Trinajstić information content (AvgIpc) is 2.80. The van der Waals surface area contributed by atoms with Crippen LogP contribution in [-0.4, -0.2) is 72.5 Å². The minimum Gasteiger partial charge on any atom is -0.394 e. The Hall–Kier alpha value is -3.74. The Morgan fingerprint density at radius 1 is 1.25 bits per heavy atom. The second kappa shape index (κ2) is 10.0. The van der Waals surface area contributed by atoms with Crippen molar-refractivity contribution in [1.29, 1.82) is 5.26 Å². The Balaban J connectivity index is 1.74. The van der Waals surface area contributed by atoms with E-state index in [1.54, 1.807) is 56.6 Å². The maximum atomic E-state index is 12.4. The first-order valence-corrected chi connectivity index (χ1v) is 9.97. The Morgan fingerprint density at radius 3 is 2.59 bits per heavy atom. The Bertz CT molecular complexity index is 1050. The average molecular weight is 436 g/mol. The van der Waals surface area contributed by atoms with Gasteiger partial charge in [0.25, 0.3) is 5.91 Å². The highest BCUT2D eigenvalue weighted by Crippen LogP contribution is 2.30. The maximum absolute atomic E-state index is 12.4. The molecular weight excluding hydrogens is 412 g/mol. The van der Waals surface area contributed by atoms with Crippen molar-refractivity contribution in [2.24, 2.45) is 0 Å². The summed E-state index contributed by atoms with van der Waals surface area (Å²) in [6, 6.07) is 14.5. The van der Waals surface area contributed by atoms with E-state index in [0.29, 0.717) is 22.4 Å². The molecule has 2 aromatic carbocycles. The summed E-state index contributed by atoms with van der Waals surface area (Å²) in [6.45, 7) is -0.715. The third-order valence-corrected chi connectivity index (χ3v) is 5.20. The van der Waals surface area contributed by atoms with E-state index in [0.717, 1.165) is 0 Å². The zero-order valence-corrected chi connectivity index (χ0v) is 17.8. The summed E-state index contributed by atoms with van der Waals surface area (Å²) in [5.41, 5.74) is 1.99. The molecule has 0 unspecified atom stereocenters. The fourth-order valence-corrected chi connectivity index (χ4v) is 3.40. The smallest absolute Gasteiger partial charge is 0.255 e. The van der Waals surface area contributed by atoms with Crippen LogP contribution in [-0.2, 0) is 14.3 Å². The van der Waals surface area contributed by atoms with Crippen molar-refractivity contribution in [2.45, 2.75) is 12.1 Å². The van der Waals surface area contributed by atoms with Crippen molar-refractivity contribution < 1.29 is 24.2 Å². The Morgan fingerprint density at radius 2 is 1.97 bits per heavy atom. The predicted molar refractivity (Wildman–Crippen MR) is 116 cm³/mol. The SMILES string of the molecule is CN(C)C(=O)CN1C(=O)CO[C@H](c2ccc(NC(=O)c3cccc(C#N)c3)cc2)[C@H]1CO. The van der Waals surface area contributed by atoms with E-state index in [9.17, 15) is 19.5 Å². The molecule has 3 rings (SSSR count). The van der Waals surface area contributed by atoms with Crippen LogP contribution in [0.2, 0.25) is 0 Å². The first kappa shape index (κ1) is 22.9. The standard InChI is InChI=1S/C23H24N4O5/c1-26(2)20(29)12-27-19(13-28)22(32-14-21(27)30)16-6-8-18(9-7-16)25-23(31)17-5-3-4-15(10-17)11-24/h3-10,19,22,28H,12-14H2,1-2H3,(H,25,31)/t19-,22-/m1/s1. The van der Waals surface area contributed by atoms with Gasteiger partial charge in [-0.05, 0) is 35.9 Å². The van der Waals surface area contributed by atoms with Crippen molar-refractivity contribution in [2.75, 3.05) is 39.2 Å². The second-order valence-corrected chi connectivity index (χ2v) is 7.56. The minimum atomic E-state index is -0.714. The molecule has 9 nitrogen and oxygen atoms in total. The second-order valence-electron chi connectivity index (χ2n) is 7.56. The van der Waals surface area contributed by atoms with Crippen LogP contribution >= 0.6 is 0 Å². The van der Waals surface area contributed by atoms with E-state index in [1.807, 2.05) is 6.07 Å². The van der Waals surface area contributed by atoms with Gasteiger partial charge in [-0.15, -0.1) is 0 Å². The zero-order valence-electron chi connectivity index (χ0n) is 17.8. The molecule has 0 aromatic heterocycles. The number of carbonyl (C=O) groups excluding carboxylic acids is 3. The summed E-state index contributed by atoms with van der Waals surface area (Å²) in [4.78, 5) is 39.6. The number of nitrogens with one attached hydrogen (secondary N) is 1. The summed E-state index contributed by atoms with van der Waals surface area (Å²) < 4.78 is 5.67. The molecule has 0 saturated carbocycles. The van der Waals surface area contributed by atoms with Crippen LogP contribution in [0.4, 0.5) is 5.69 Å². The van der Waals surface area contributed by atoms with Gasteiger partial charge in [-0.1, -0.05) is 18.2 Å². The molecule has 0 bridgehead atoms. The van der Waals surface area contributed by atoms with Gasteiger partial charge in [0, 0.05) is 25.3 Å². The molecule has 1 aliphatic rings. The van der Waals surface area contributed by atoms with Crippen molar-refractivity contribution in [3.63, 3.8) is 0 Å². The van der Waals surface area contributed by atoms with Gasteiger partial charge < -0.3 is 25.0 Å². The molecule has 9 heteroatoms. The van der Waals surface area contributed by atoms with Crippen molar-refractivity contribution in [3.05, 3.63) is 65.2 Å². The number of amides is 3. The topological polar surface area (TPSA) is 123 Å². The monoisotopic (exact) mass is 436 g/mol. The number of carbonyl (C=O) groups is 3. The number of ether oxygens (including phenoxy) is 1. The van der Waals surface area contributed by atoms with Gasteiger partial charge in [-0.3, -0.25) is 14.4 Å². The van der Waals surface area contributed by atoms with Crippen LogP contribution in [0, 0.1) is 11.3 Å². The Labute approximate surface area is 185 Å². The summed E-state index contributed by atoms with van der Waals surface area (Å²) in [7, 11) is 3.20. The van der Waals surface area contributed by atoms with Crippen LogP contribution in [0.15, 0.2) is 48.5 Å². The molecule has 3 amide bonds. The van der Waals surface area contributed by atoms with Crippen molar-refractivity contribution in [1.82, 2.24) is 9.80 Å². The Kier molecular flexibility index (Phi) is 7.20. The number of hydrogen-bond donors (Lipinski definition) is 2. The summed E-state index contributed by atoms with van der Waals surface area (Å²) in [5, 5.41) is 21.7. The third kappa shape index (κ3) is 5.11. The molecule has 2 N–H and O–H groups in total. The highest BCUT2D eigenvalue weighted by molar-refractivity contribution is 6.04. The molecule has 0 aliphatic carbocycles. The van der Waals surface area contributed by atoms with E-state index in [4.69, 9.17) is 10.00 Å². The quantitative estimate of drug-likeness (QED) is 0.701. The number of nitriles is 1. The van der Waals surface area contributed by atoms with Crippen molar-refractivity contribution >= 4 is 23.4 Å². The molecular formula is C23H24N4O5. The molecule has 2 atom stereocenters. The van der Waals surface area contributed by atoms with Crippen molar-refractivity contribution in [3.8, 4) is 6.07 Å². The number of hydrogen-bond acceptors (Lipinski definition) is 6. The molecule has 1 fully saturated rings. The zero-order chi connectivity index (χ0) is 23.3. The lowest BCUT2D eigenvalue weighted by Gasteiger charge is -2.40. The number of aliphatic hydroxyl groups is 1. The first-order chi connectivity index (χ1) is 15.3. The number of benzene rings is 2. The van der Waals surface area contributed by atoms with Gasteiger partial charge in [0.1, 0.15) is 19.3 Å². The van der Waals surface area contributed by atoms with E-state index >= 15 is 0 Å². The van der Waals surface area contributed by atoms with Gasteiger partial charge >= 0.3 is 0 Å². The third-order valence-electron chi connectivity index (χ3n) is 5.20. The van der Waals surface area contributed by atoms with Gasteiger partial charge in [0.2, 0.25) is 11.8 Å². The molecule has 0 radical (unpaired) electrons. The molecule has 1 aliphatic heterocycles. The highest BCUT2D eigenvalue weighted by Gasteiger charge is 2.38. The lowest BCUT2D eigenvalue weighted by Crippen LogP contribution is -2.55. The molecule has 2 aromatic rings. The number of nitrogens with zero attached hydrogens (tertiary/aromatic N) is 3. The summed E-state index contributed by atoms with van der Waals surface area (Å²) in [6.07, 6.45) is -0.621. The van der Waals surface area contributed by atoms with Crippen LogP contribution in [0.3, 0.4) is 0 Å². The van der Waals surface area contributed by atoms with E-state index in [-0.39, 0.29) is 37.5 Å². The lowest BCUT2D eigenvalue weighted by molar-refractivity contribution is -0.164. The van der Waals surface area contributed by atoms with Gasteiger partial charge in [-0.25, -0.2) is 0 Å². The number of anilines is 1. The van der Waals surface area contributed by atoms with Crippen LogP contribution in [0.25, 0.3) is 0 Å². The van der Waals surface area contributed by atoms with E-state index < -0.39 is 12.1 Å². The molecule has 1 saturated heterocycles. The largest absolute Gasteiger partial charge is 0.394 e. The number of likely N-dealkylation sites (N-methyl/N-ethyl adjacent to an activating group) is 1. The van der Waals surface area contributed by atoms with Crippen LogP contribution in [0.5, 0.6) is 0 Å². The number of rotatable bonds is 6. The van der Waals surface area contributed by atoms with E-state index in [1.165, 1.54) is 15.9 Å². The fraction of sp³-hybridized carbons (Fsp3) is 0.304. The predicted octanol–water partition coefficient (Wildman–Crippen LogP) is 1.16. The maximum Gasteiger partial charge on any atom is 0.255 e. The highest BCUT2D eigenvalue weighted by atomic mass is 16.5. The van der Waals surface area contributed by atoms with Gasteiger partial charge in [0.05, 0.1) is 24.3 Å². The molecule has 0 spiro atoms. The first-order valence-electron chi connectivity index (χ1n) is 9.97. The fourth-order valence-electron chi connectivity index (χ4n) is 3.40. The number of aliphatic hydroxyl groups excluding tert-OH is 1. The summed E-state index contributed by atoms with van der Waals surface area (Å²) >= 11 is 0. The molecule has 166 valence electrons. The van der Waals surface area contributed by atoms with Crippen LogP contribution < -0.4 is 5.32 Å². The lowest BCUT2D eigenvalue weighted by atomic mass is 9.99. The normalized spacial score (nSPS) is 18.1. The van der Waals surface area contributed by atoms with Gasteiger partial charge in [0.15, 0.2) is 0 Å². The summed E-state index contributed by atoms with van der Waals surface area (Å²) in [5.74, 6) is -0.967.